The van der Waals surface area contributed by atoms with Gasteiger partial charge in [-0.15, -0.1) is 0 Å². The van der Waals surface area contributed by atoms with Crippen molar-refractivity contribution in [3.8, 4) is 5.75 Å². The zero-order valence-corrected chi connectivity index (χ0v) is 7.71. The standard InChI is InChI=1S/C11H15O/c1-3-7-10(2)12-11-8-5-4-6-9-11/h5-6,8-10H,3,7H2,1-2H3. The van der Waals surface area contributed by atoms with Crippen LogP contribution in [0.5, 0.6) is 5.75 Å². The van der Waals surface area contributed by atoms with Crippen LogP contribution < -0.4 is 4.74 Å². The van der Waals surface area contributed by atoms with E-state index in [1.165, 1.54) is 6.42 Å². The molecule has 1 unspecified atom stereocenters. The highest BCUT2D eigenvalue weighted by Gasteiger charge is 2.00. The van der Waals surface area contributed by atoms with Gasteiger partial charge in [-0.2, -0.15) is 0 Å². The lowest BCUT2D eigenvalue weighted by Crippen LogP contribution is -2.10. The molecule has 1 aromatic rings. The van der Waals surface area contributed by atoms with Crippen molar-refractivity contribution in [3.63, 3.8) is 0 Å². The van der Waals surface area contributed by atoms with Gasteiger partial charge in [-0.1, -0.05) is 25.5 Å². The molecule has 0 aliphatic carbocycles. The van der Waals surface area contributed by atoms with Crippen molar-refractivity contribution < 1.29 is 4.74 Å². The van der Waals surface area contributed by atoms with E-state index in [0.29, 0.717) is 6.10 Å². The highest BCUT2D eigenvalue weighted by molar-refractivity contribution is 5.20. The maximum Gasteiger partial charge on any atom is 0.119 e. The van der Waals surface area contributed by atoms with Gasteiger partial charge in [-0.3, -0.25) is 0 Å². The van der Waals surface area contributed by atoms with Crippen LogP contribution in [0.25, 0.3) is 0 Å². The van der Waals surface area contributed by atoms with Crippen molar-refractivity contribution in [1.82, 2.24) is 0 Å². The summed E-state index contributed by atoms with van der Waals surface area (Å²) >= 11 is 0. The van der Waals surface area contributed by atoms with Crippen molar-refractivity contribution in [2.45, 2.75) is 32.8 Å². The fourth-order valence-electron chi connectivity index (χ4n) is 1.15. The quantitative estimate of drug-likeness (QED) is 0.662. The minimum Gasteiger partial charge on any atom is -0.491 e. The second-order valence-corrected chi connectivity index (χ2v) is 2.95. The number of hydrogen-bond donors (Lipinski definition) is 0. The van der Waals surface area contributed by atoms with Crippen LogP contribution in [0, 0.1) is 6.07 Å². The number of benzene rings is 1. The third kappa shape index (κ3) is 2.95. The molecule has 0 heterocycles. The van der Waals surface area contributed by atoms with E-state index in [0.717, 1.165) is 12.2 Å². The van der Waals surface area contributed by atoms with Gasteiger partial charge >= 0.3 is 0 Å². The van der Waals surface area contributed by atoms with E-state index in [4.69, 9.17) is 4.74 Å². The van der Waals surface area contributed by atoms with Crippen LogP contribution in [0.3, 0.4) is 0 Å². The Hall–Kier alpha value is -0.980. The molecule has 1 radical (unpaired) electrons. The summed E-state index contributed by atoms with van der Waals surface area (Å²) in [7, 11) is 0. The molecule has 0 N–H and O–H groups in total. The summed E-state index contributed by atoms with van der Waals surface area (Å²) in [5.41, 5.74) is 0. The molecule has 0 fully saturated rings. The average molecular weight is 163 g/mol. The van der Waals surface area contributed by atoms with Crippen molar-refractivity contribution in [3.05, 3.63) is 30.3 Å². The zero-order valence-electron chi connectivity index (χ0n) is 7.71. The molecule has 0 spiro atoms. The van der Waals surface area contributed by atoms with Gasteiger partial charge in [0.2, 0.25) is 0 Å². The van der Waals surface area contributed by atoms with E-state index >= 15 is 0 Å². The molecule has 1 heteroatoms. The van der Waals surface area contributed by atoms with E-state index in [2.05, 4.69) is 19.9 Å². The van der Waals surface area contributed by atoms with E-state index in [1.54, 1.807) is 0 Å². The third-order valence-electron chi connectivity index (χ3n) is 1.72. The molecular formula is C11H15O. The molecule has 0 saturated carbocycles. The summed E-state index contributed by atoms with van der Waals surface area (Å²) in [6.45, 7) is 4.26. The Morgan fingerprint density at radius 3 is 2.67 bits per heavy atom. The van der Waals surface area contributed by atoms with Crippen LogP contribution in [0.1, 0.15) is 26.7 Å². The van der Waals surface area contributed by atoms with E-state index in [-0.39, 0.29) is 0 Å². The number of rotatable bonds is 4. The fraction of sp³-hybridized carbons (Fsp3) is 0.455. The van der Waals surface area contributed by atoms with Gasteiger partial charge in [0.1, 0.15) is 5.75 Å². The third-order valence-corrected chi connectivity index (χ3v) is 1.72. The normalized spacial score (nSPS) is 12.5. The second-order valence-electron chi connectivity index (χ2n) is 2.95. The highest BCUT2D eigenvalue weighted by atomic mass is 16.5. The Labute approximate surface area is 74.4 Å². The van der Waals surface area contributed by atoms with Crippen LogP contribution in [-0.2, 0) is 0 Å². The smallest absolute Gasteiger partial charge is 0.119 e. The maximum absolute atomic E-state index is 5.63. The lowest BCUT2D eigenvalue weighted by molar-refractivity contribution is 0.210. The van der Waals surface area contributed by atoms with Gasteiger partial charge in [0.15, 0.2) is 0 Å². The van der Waals surface area contributed by atoms with Crippen LogP contribution in [0.4, 0.5) is 0 Å². The van der Waals surface area contributed by atoms with Gasteiger partial charge in [0.25, 0.3) is 0 Å². The number of ether oxygens (including phenoxy) is 1. The van der Waals surface area contributed by atoms with Crippen molar-refractivity contribution in [2.75, 3.05) is 0 Å². The Balaban J connectivity index is 2.41. The molecule has 0 aliphatic heterocycles. The molecule has 65 valence electrons. The maximum atomic E-state index is 5.63. The van der Waals surface area contributed by atoms with Crippen molar-refractivity contribution >= 4 is 0 Å². The van der Waals surface area contributed by atoms with Gasteiger partial charge in [-0.05, 0) is 31.5 Å². The molecule has 12 heavy (non-hydrogen) atoms. The summed E-state index contributed by atoms with van der Waals surface area (Å²) in [5.74, 6) is 0.940. The molecule has 0 amide bonds. The van der Waals surface area contributed by atoms with E-state index < -0.39 is 0 Å². The first-order valence-electron chi connectivity index (χ1n) is 4.45. The molecule has 0 bridgehead atoms. The first kappa shape index (κ1) is 9.11. The van der Waals surface area contributed by atoms with Gasteiger partial charge < -0.3 is 4.74 Å². The molecular weight excluding hydrogens is 148 g/mol. The number of hydrogen-bond acceptors (Lipinski definition) is 1. The molecule has 1 atom stereocenters. The molecule has 0 saturated heterocycles. The first-order valence-corrected chi connectivity index (χ1v) is 4.45. The predicted molar refractivity (Wildman–Crippen MR) is 50.3 cm³/mol. The highest BCUT2D eigenvalue weighted by Crippen LogP contribution is 2.12. The fourth-order valence-corrected chi connectivity index (χ4v) is 1.15. The van der Waals surface area contributed by atoms with Gasteiger partial charge in [0.05, 0.1) is 6.10 Å². The molecule has 0 aliphatic rings. The van der Waals surface area contributed by atoms with Crippen LogP contribution in [-0.4, -0.2) is 6.10 Å². The second kappa shape index (κ2) is 4.81. The predicted octanol–water partition coefficient (Wildman–Crippen LogP) is 3.05. The van der Waals surface area contributed by atoms with Crippen LogP contribution in [0.2, 0.25) is 0 Å². The summed E-state index contributed by atoms with van der Waals surface area (Å²) in [4.78, 5) is 0. The Morgan fingerprint density at radius 2 is 2.08 bits per heavy atom. The van der Waals surface area contributed by atoms with Crippen LogP contribution >= 0.6 is 0 Å². The van der Waals surface area contributed by atoms with Gasteiger partial charge in [-0.25, -0.2) is 0 Å². The summed E-state index contributed by atoms with van der Waals surface area (Å²) in [5, 5.41) is 0. The topological polar surface area (TPSA) is 9.23 Å². The molecule has 1 nitrogen and oxygen atoms in total. The van der Waals surface area contributed by atoms with Crippen molar-refractivity contribution in [2.24, 2.45) is 0 Å². The minimum absolute atomic E-state index is 0.317. The van der Waals surface area contributed by atoms with Crippen molar-refractivity contribution in [1.29, 1.82) is 0 Å². The summed E-state index contributed by atoms with van der Waals surface area (Å²) in [6.07, 6.45) is 2.59. The van der Waals surface area contributed by atoms with E-state index in [9.17, 15) is 0 Å². The lowest BCUT2D eigenvalue weighted by Gasteiger charge is -2.12. The summed E-state index contributed by atoms with van der Waals surface area (Å²) in [6, 6.07) is 10.6. The SMILES string of the molecule is CCCC(C)Oc1cc[c]cc1. The zero-order chi connectivity index (χ0) is 8.81. The largest absolute Gasteiger partial charge is 0.491 e. The van der Waals surface area contributed by atoms with Crippen LogP contribution in [0.15, 0.2) is 24.3 Å². The Kier molecular flexibility index (Phi) is 3.65. The minimum atomic E-state index is 0.317. The van der Waals surface area contributed by atoms with Gasteiger partial charge in [0, 0.05) is 0 Å². The molecule has 0 aromatic heterocycles. The molecule has 1 aromatic carbocycles. The monoisotopic (exact) mass is 163 g/mol. The first-order chi connectivity index (χ1) is 5.83. The average Bonchev–Trinajstić information content (AvgIpc) is 2.06. The summed E-state index contributed by atoms with van der Waals surface area (Å²) < 4.78 is 5.63. The van der Waals surface area contributed by atoms with E-state index in [1.807, 2.05) is 24.3 Å². The Morgan fingerprint density at radius 1 is 1.42 bits per heavy atom. The molecule has 1 rings (SSSR count). The lowest BCUT2D eigenvalue weighted by atomic mass is 10.2. The Bertz CT molecular complexity index is 206.